The van der Waals surface area contributed by atoms with Crippen LogP contribution >= 0.6 is 11.8 Å². The summed E-state index contributed by atoms with van der Waals surface area (Å²) in [5.74, 6) is -0.243. The molecule has 0 aliphatic rings. The summed E-state index contributed by atoms with van der Waals surface area (Å²) in [7, 11) is 1.49. The number of rotatable bonds is 4. The molecular weight excluding hydrogens is 292 g/mol. The lowest BCUT2D eigenvalue weighted by atomic mass is 10.2. The van der Waals surface area contributed by atoms with Crippen molar-refractivity contribution in [3.05, 3.63) is 58.1 Å². The summed E-state index contributed by atoms with van der Waals surface area (Å²) in [6, 6.07) is 10.6. The van der Waals surface area contributed by atoms with Crippen LogP contribution < -0.4 is 5.32 Å². The van der Waals surface area contributed by atoms with Crippen LogP contribution in [-0.4, -0.2) is 23.0 Å². The summed E-state index contributed by atoms with van der Waals surface area (Å²) in [5, 5.41) is 23.0. The Balaban J connectivity index is 2.43. The summed E-state index contributed by atoms with van der Waals surface area (Å²) >= 11 is 1.12. The second-order valence-electron chi connectivity index (χ2n) is 4.12. The number of nitro groups is 1. The van der Waals surface area contributed by atoms with Crippen LogP contribution in [-0.2, 0) is 0 Å². The van der Waals surface area contributed by atoms with Gasteiger partial charge in [-0.1, -0.05) is 17.8 Å². The minimum atomic E-state index is -0.501. The summed E-state index contributed by atoms with van der Waals surface area (Å²) in [6.45, 7) is 0. The number of nitrogens with one attached hydrogen (secondary N) is 1. The van der Waals surface area contributed by atoms with Crippen molar-refractivity contribution in [3.8, 4) is 5.75 Å². The Morgan fingerprint density at radius 3 is 2.67 bits per heavy atom. The van der Waals surface area contributed by atoms with Gasteiger partial charge in [0, 0.05) is 23.6 Å². The van der Waals surface area contributed by atoms with Crippen molar-refractivity contribution in [2.24, 2.45) is 0 Å². The predicted molar refractivity (Wildman–Crippen MR) is 78.7 cm³/mol. The quantitative estimate of drug-likeness (QED) is 0.669. The van der Waals surface area contributed by atoms with Crippen LogP contribution in [0.15, 0.2) is 52.3 Å². The van der Waals surface area contributed by atoms with Gasteiger partial charge in [-0.25, -0.2) is 0 Å². The van der Waals surface area contributed by atoms with Crippen molar-refractivity contribution >= 4 is 23.4 Å². The van der Waals surface area contributed by atoms with E-state index in [1.807, 2.05) is 0 Å². The molecule has 2 aromatic rings. The van der Waals surface area contributed by atoms with E-state index in [4.69, 9.17) is 0 Å². The predicted octanol–water partition coefficient (Wildman–Crippen LogP) is 2.81. The van der Waals surface area contributed by atoms with Crippen molar-refractivity contribution < 1.29 is 14.8 Å². The topological polar surface area (TPSA) is 92.5 Å². The number of hydrogen-bond acceptors (Lipinski definition) is 5. The fraction of sp³-hybridized carbons (Fsp3) is 0.0714. The van der Waals surface area contributed by atoms with Crippen LogP contribution in [0.5, 0.6) is 5.75 Å². The van der Waals surface area contributed by atoms with Crippen molar-refractivity contribution in [1.29, 1.82) is 0 Å². The van der Waals surface area contributed by atoms with Gasteiger partial charge in [0.15, 0.2) is 0 Å². The molecule has 2 rings (SSSR count). The van der Waals surface area contributed by atoms with Crippen LogP contribution in [0.25, 0.3) is 0 Å². The second kappa shape index (κ2) is 6.27. The van der Waals surface area contributed by atoms with Gasteiger partial charge in [0.2, 0.25) is 0 Å². The summed E-state index contributed by atoms with van der Waals surface area (Å²) < 4.78 is 0. The molecule has 0 aliphatic carbocycles. The molecule has 21 heavy (non-hydrogen) atoms. The number of carbonyl (C=O) groups is 1. The van der Waals surface area contributed by atoms with E-state index in [-0.39, 0.29) is 17.3 Å². The highest BCUT2D eigenvalue weighted by Crippen LogP contribution is 2.36. The molecule has 0 heterocycles. The standard InChI is InChI=1S/C14H12N2O4S/c1-15-14(18)9-5-6-12(16(19)20)13(7-9)21-11-4-2-3-10(17)8-11/h2-8,17H,1H3,(H,15,18). The number of carbonyl (C=O) groups excluding carboxylic acids is 1. The van der Waals surface area contributed by atoms with Gasteiger partial charge in [-0.05, 0) is 30.3 Å². The first kappa shape index (κ1) is 14.9. The normalized spacial score (nSPS) is 10.1. The molecule has 0 radical (unpaired) electrons. The molecule has 0 unspecified atom stereocenters. The van der Waals surface area contributed by atoms with Gasteiger partial charge in [-0.3, -0.25) is 14.9 Å². The van der Waals surface area contributed by atoms with E-state index in [9.17, 15) is 20.0 Å². The highest BCUT2D eigenvalue weighted by molar-refractivity contribution is 7.99. The minimum absolute atomic E-state index is 0.0742. The first-order chi connectivity index (χ1) is 10.0. The molecule has 0 bridgehead atoms. The molecule has 0 aromatic heterocycles. The summed E-state index contributed by atoms with van der Waals surface area (Å²) in [6.07, 6.45) is 0. The zero-order valence-corrected chi connectivity index (χ0v) is 11.9. The highest BCUT2D eigenvalue weighted by atomic mass is 32.2. The summed E-state index contributed by atoms with van der Waals surface area (Å²) in [4.78, 5) is 23.2. The van der Waals surface area contributed by atoms with Gasteiger partial charge in [0.1, 0.15) is 5.75 Å². The van der Waals surface area contributed by atoms with Crippen molar-refractivity contribution in [2.75, 3.05) is 7.05 Å². The number of nitrogens with zero attached hydrogens (tertiary/aromatic N) is 1. The van der Waals surface area contributed by atoms with E-state index >= 15 is 0 Å². The number of phenolic OH excluding ortho intramolecular Hbond substituents is 1. The molecule has 0 saturated carbocycles. The second-order valence-corrected chi connectivity index (χ2v) is 5.23. The molecule has 0 saturated heterocycles. The highest BCUT2D eigenvalue weighted by Gasteiger charge is 2.17. The summed E-state index contributed by atoms with van der Waals surface area (Å²) in [5.41, 5.74) is 0.252. The minimum Gasteiger partial charge on any atom is -0.508 e. The number of amides is 1. The Labute approximate surface area is 125 Å². The zero-order chi connectivity index (χ0) is 15.4. The van der Waals surface area contributed by atoms with Gasteiger partial charge < -0.3 is 10.4 Å². The van der Waals surface area contributed by atoms with E-state index in [1.54, 1.807) is 12.1 Å². The van der Waals surface area contributed by atoms with Crippen LogP contribution in [0.3, 0.4) is 0 Å². The third-order valence-corrected chi connectivity index (χ3v) is 3.73. The lowest BCUT2D eigenvalue weighted by Gasteiger charge is -2.06. The van der Waals surface area contributed by atoms with Crippen LogP contribution in [0.1, 0.15) is 10.4 Å². The maximum absolute atomic E-state index is 11.6. The van der Waals surface area contributed by atoms with Crippen LogP contribution in [0.2, 0.25) is 0 Å². The molecule has 1 amide bonds. The van der Waals surface area contributed by atoms with E-state index in [0.29, 0.717) is 15.4 Å². The third kappa shape index (κ3) is 3.51. The zero-order valence-electron chi connectivity index (χ0n) is 11.1. The van der Waals surface area contributed by atoms with E-state index in [1.165, 1.54) is 37.4 Å². The SMILES string of the molecule is CNC(=O)c1ccc([N+](=O)[O-])c(Sc2cccc(O)c2)c1. The molecule has 6 nitrogen and oxygen atoms in total. The third-order valence-electron chi connectivity index (χ3n) is 2.69. The molecular formula is C14H12N2O4S. The van der Waals surface area contributed by atoms with Gasteiger partial charge in [0.25, 0.3) is 11.6 Å². The van der Waals surface area contributed by atoms with E-state index in [0.717, 1.165) is 11.8 Å². The fourth-order valence-corrected chi connectivity index (χ4v) is 2.72. The van der Waals surface area contributed by atoms with Gasteiger partial charge in [0.05, 0.1) is 9.82 Å². The smallest absolute Gasteiger partial charge is 0.283 e. The number of aromatic hydroxyl groups is 1. The first-order valence-corrected chi connectivity index (χ1v) is 6.80. The van der Waals surface area contributed by atoms with Gasteiger partial charge >= 0.3 is 0 Å². The monoisotopic (exact) mass is 304 g/mol. The average molecular weight is 304 g/mol. The van der Waals surface area contributed by atoms with Crippen molar-refractivity contribution in [2.45, 2.75) is 9.79 Å². The molecule has 0 spiro atoms. The first-order valence-electron chi connectivity index (χ1n) is 5.98. The largest absolute Gasteiger partial charge is 0.508 e. The molecule has 2 N–H and O–H groups in total. The molecule has 7 heteroatoms. The maximum Gasteiger partial charge on any atom is 0.283 e. The molecule has 0 fully saturated rings. The number of benzene rings is 2. The Kier molecular flexibility index (Phi) is 4.44. The van der Waals surface area contributed by atoms with E-state index in [2.05, 4.69) is 5.32 Å². The lowest BCUT2D eigenvalue weighted by molar-refractivity contribution is -0.387. The number of nitro benzene ring substituents is 1. The number of hydrogen-bond donors (Lipinski definition) is 2. The Hall–Kier alpha value is -2.54. The van der Waals surface area contributed by atoms with Crippen LogP contribution in [0.4, 0.5) is 5.69 Å². The maximum atomic E-state index is 11.6. The molecule has 2 aromatic carbocycles. The molecule has 108 valence electrons. The van der Waals surface area contributed by atoms with E-state index < -0.39 is 4.92 Å². The van der Waals surface area contributed by atoms with Gasteiger partial charge in [-0.15, -0.1) is 0 Å². The van der Waals surface area contributed by atoms with Crippen molar-refractivity contribution in [3.63, 3.8) is 0 Å². The molecule has 0 aliphatic heterocycles. The van der Waals surface area contributed by atoms with Crippen molar-refractivity contribution in [1.82, 2.24) is 5.32 Å². The average Bonchev–Trinajstić information content (AvgIpc) is 2.46. The number of phenols is 1. The van der Waals surface area contributed by atoms with Gasteiger partial charge in [-0.2, -0.15) is 0 Å². The Morgan fingerprint density at radius 1 is 1.29 bits per heavy atom. The Bertz CT molecular complexity index is 703. The Morgan fingerprint density at radius 2 is 2.05 bits per heavy atom. The lowest BCUT2D eigenvalue weighted by Crippen LogP contribution is -2.17. The fourth-order valence-electron chi connectivity index (χ4n) is 1.71. The van der Waals surface area contributed by atoms with Crippen LogP contribution in [0, 0.1) is 10.1 Å². The molecule has 0 atom stereocenters.